The second kappa shape index (κ2) is 6.97. The van der Waals surface area contributed by atoms with Crippen molar-refractivity contribution in [1.82, 2.24) is 4.90 Å². The highest BCUT2D eigenvalue weighted by Crippen LogP contribution is 2.21. The third-order valence-corrected chi connectivity index (χ3v) is 4.72. The molecule has 3 heteroatoms. The van der Waals surface area contributed by atoms with E-state index in [0.717, 1.165) is 18.7 Å². The first-order valence-corrected chi connectivity index (χ1v) is 8.44. The van der Waals surface area contributed by atoms with Crippen LogP contribution in [0.2, 0.25) is 0 Å². The van der Waals surface area contributed by atoms with Gasteiger partial charge in [-0.1, -0.05) is 25.0 Å². The average Bonchev–Trinajstić information content (AvgIpc) is 2.90. The first kappa shape index (κ1) is 14.4. The minimum absolute atomic E-state index is 0.297. The fourth-order valence-corrected chi connectivity index (χ4v) is 3.41. The largest absolute Gasteiger partial charge is 0.372 e. The number of rotatable bonds is 3. The second-order valence-corrected chi connectivity index (χ2v) is 6.33. The van der Waals surface area contributed by atoms with Gasteiger partial charge in [-0.25, -0.2) is 0 Å². The molecule has 21 heavy (non-hydrogen) atoms. The monoisotopic (exact) mass is 286 g/mol. The minimum Gasteiger partial charge on any atom is -0.372 e. The van der Waals surface area contributed by atoms with Gasteiger partial charge in [-0.05, 0) is 43.4 Å². The van der Waals surface area contributed by atoms with E-state index in [4.69, 9.17) is 0 Å². The van der Waals surface area contributed by atoms with Gasteiger partial charge >= 0.3 is 0 Å². The van der Waals surface area contributed by atoms with Crippen molar-refractivity contribution in [2.24, 2.45) is 0 Å². The minimum atomic E-state index is 0.297. The van der Waals surface area contributed by atoms with E-state index in [2.05, 4.69) is 34.1 Å². The van der Waals surface area contributed by atoms with Crippen LogP contribution in [-0.4, -0.2) is 37.0 Å². The van der Waals surface area contributed by atoms with Gasteiger partial charge < -0.3 is 9.80 Å². The molecule has 0 unspecified atom stereocenters. The van der Waals surface area contributed by atoms with E-state index in [-0.39, 0.29) is 0 Å². The molecule has 3 nitrogen and oxygen atoms in total. The van der Waals surface area contributed by atoms with E-state index >= 15 is 0 Å². The highest BCUT2D eigenvalue weighted by Gasteiger charge is 2.16. The fraction of sp³-hybridized carbons (Fsp3) is 0.611. The topological polar surface area (TPSA) is 23.6 Å². The average molecular weight is 286 g/mol. The van der Waals surface area contributed by atoms with Crippen molar-refractivity contribution in [3.05, 3.63) is 29.8 Å². The number of carbonyl (C=O) groups excluding carboxylic acids is 1. The van der Waals surface area contributed by atoms with Crippen molar-refractivity contribution in [1.29, 1.82) is 0 Å². The molecule has 3 rings (SSSR count). The number of carbonyl (C=O) groups is 1. The van der Waals surface area contributed by atoms with Crippen molar-refractivity contribution in [3.8, 4) is 0 Å². The lowest BCUT2D eigenvalue weighted by atomic mass is 10.1. The number of nitrogens with zero attached hydrogens (tertiary/aromatic N) is 2. The molecule has 2 saturated heterocycles. The van der Waals surface area contributed by atoms with Gasteiger partial charge in [0.15, 0.2) is 0 Å². The number of benzene rings is 1. The predicted molar refractivity (Wildman–Crippen MR) is 86.6 cm³/mol. The summed E-state index contributed by atoms with van der Waals surface area (Å²) in [5.74, 6) is 0.297. The Morgan fingerprint density at radius 2 is 1.38 bits per heavy atom. The number of amides is 1. The van der Waals surface area contributed by atoms with E-state index in [1.165, 1.54) is 57.3 Å². The molecule has 0 atom stereocenters. The molecule has 0 bridgehead atoms. The van der Waals surface area contributed by atoms with Crippen LogP contribution < -0.4 is 4.90 Å². The molecule has 2 aliphatic rings. The Morgan fingerprint density at radius 3 is 2.00 bits per heavy atom. The number of anilines is 1. The van der Waals surface area contributed by atoms with Crippen LogP contribution in [0.5, 0.6) is 0 Å². The maximum Gasteiger partial charge on any atom is 0.226 e. The Balaban J connectivity index is 1.57. The zero-order valence-corrected chi connectivity index (χ0v) is 12.9. The van der Waals surface area contributed by atoms with Gasteiger partial charge in [-0.2, -0.15) is 0 Å². The van der Waals surface area contributed by atoms with Crippen molar-refractivity contribution >= 4 is 11.6 Å². The van der Waals surface area contributed by atoms with Crippen LogP contribution in [0.25, 0.3) is 0 Å². The molecule has 1 aromatic rings. The van der Waals surface area contributed by atoms with Crippen LogP contribution in [0.4, 0.5) is 5.69 Å². The van der Waals surface area contributed by atoms with Crippen LogP contribution in [0, 0.1) is 0 Å². The van der Waals surface area contributed by atoms with E-state index < -0.39 is 0 Å². The third kappa shape index (κ3) is 3.78. The summed E-state index contributed by atoms with van der Waals surface area (Å²) < 4.78 is 0. The maximum atomic E-state index is 12.4. The van der Waals surface area contributed by atoms with Crippen LogP contribution in [0.1, 0.15) is 44.1 Å². The summed E-state index contributed by atoms with van der Waals surface area (Å²) in [6, 6.07) is 8.61. The molecular weight excluding hydrogens is 260 g/mol. The molecule has 0 aromatic heterocycles. The Morgan fingerprint density at radius 1 is 0.810 bits per heavy atom. The highest BCUT2D eigenvalue weighted by atomic mass is 16.2. The Labute approximate surface area is 127 Å². The lowest BCUT2D eigenvalue weighted by Crippen LogP contribution is -2.33. The molecule has 2 fully saturated rings. The summed E-state index contributed by atoms with van der Waals surface area (Å²) in [5.41, 5.74) is 2.45. The summed E-state index contributed by atoms with van der Waals surface area (Å²) in [7, 11) is 0. The van der Waals surface area contributed by atoms with Gasteiger partial charge in [0.25, 0.3) is 0 Å². The molecule has 114 valence electrons. The summed E-state index contributed by atoms with van der Waals surface area (Å²) in [6.45, 7) is 4.24. The third-order valence-electron chi connectivity index (χ3n) is 4.72. The number of hydrogen-bond donors (Lipinski definition) is 0. The molecule has 1 aromatic carbocycles. The van der Waals surface area contributed by atoms with Crippen LogP contribution in [0.15, 0.2) is 24.3 Å². The lowest BCUT2D eigenvalue weighted by molar-refractivity contribution is -0.130. The van der Waals surface area contributed by atoms with E-state index in [0.29, 0.717) is 12.3 Å². The summed E-state index contributed by atoms with van der Waals surface area (Å²) in [6.07, 6.45) is 8.03. The molecule has 2 heterocycles. The van der Waals surface area contributed by atoms with E-state index in [9.17, 15) is 4.79 Å². The SMILES string of the molecule is O=C(Cc1ccc(N2CCCC2)cc1)N1CCCCCC1. The van der Waals surface area contributed by atoms with Gasteiger partial charge in [0.1, 0.15) is 0 Å². The normalized spacial score (nSPS) is 19.6. The smallest absolute Gasteiger partial charge is 0.226 e. The van der Waals surface area contributed by atoms with Crippen molar-refractivity contribution in [3.63, 3.8) is 0 Å². The molecule has 2 aliphatic heterocycles. The standard InChI is InChI=1S/C18H26N2O/c21-18(20-13-3-1-2-4-14-20)15-16-7-9-17(10-8-16)19-11-5-6-12-19/h7-10H,1-6,11-15H2. The summed E-state index contributed by atoms with van der Waals surface area (Å²) >= 11 is 0. The first-order valence-electron chi connectivity index (χ1n) is 8.44. The zero-order chi connectivity index (χ0) is 14.5. The van der Waals surface area contributed by atoms with Gasteiger partial charge in [0, 0.05) is 31.9 Å². The Bertz CT molecular complexity index is 455. The van der Waals surface area contributed by atoms with Gasteiger partial charge in [0.05, 0.1) is 6.42 Å². The molecule has 0 saturated carbocycles. The molecule has 1 amide bonds. The van der Waals surface area contributed by atoms with Gasteiger partial charge in [-0.15, -0.1) is 0 Å². The Kier molecular flexibility index (Phi) is 4.79. The Hall–Kier alpha value is -1.51. The summed E-state index contributed by atoms with van der Waals surface area (Å²) in [4.78, 5) is 16.9. The van der Waals surface area contributed by atoms with E-state index in [1.54, 1.807) is 0 Å². The van der Waals surface area contributed by atoms with E-state index in [1.807, 2.05) is 0 Å². The summed E-state index contributed by atoms with van der Waals surface area (Å²) in [5, 5.41) is 0. The quantitative estimate of drug-likeness (QED) is 0.851. The van der Waals surface area contributed by atoms with Gasteiger partial charge in [-0.3, -0.25) is 4.79 Å². The van der Waals surface area contributed by atoms with Crippen molar-refractivity contribution < 1.29 is 4.79 Å². The lowest BCUT2D eigenvalue weighted by Gasteiger charge is -2.21. The van der Waals surface area contributed by atoms with Crippen LogP contribution >= 0.6 is 0 Å². The van der Waals surface area contributed by atoms with Crippen molar-refractivity contribution in [2.75, 3.05) is 31.1 Å². The van der Waals surface area contributed by atoms with Crippen LogP contribution in [0.3, 0.4) is 0 Å². The van der Waals surface area contributed by atoms with Crippen molar-refractivity contribution in [2.45, 2.75) is 44.9 Å². The fourth-order valence-electron chi connectivity index (χ4n) is 3.41. The predicted octanol–water partition coefficient (Wildman–Crippen LogP) is 3.23. The highest BCUT2D eigenvalue weighted by molar-refractivity contribution is 5.79. The van der Waals surface area contributed by atoms with Crippen LogP contribution in [-0.2, 0) is 11.2 Å². The second-order valence-electron chi connectivity index (χ2n) is 6.33. The maximum absolute atomic E-state index is 12.4. The number of likely N-dealkylation sites (tertiary alicyclic amines) is 1. The molecule has 0 radical (unpaired) electrons. The number of hydrogen-bond acceptors (Lipinski definition) is 2. The zero-order valence-electron chi connectivity index (χ0n) is 12.9. The molecule has 0 spiro atoms. The first-order chi connectivity index (χ1) is 10.3. The van der Waals surface area contributed by atoms with Gasteiger partial charge in [0.2, 0.25) is 5.91 Å². The molecular formula is C18H26N2O. The molecule has 0 aliphatic carbocycles. The molecule has 0 N–H and O–H groups in total.